The number of carbonyl (C=O) groups is 1. The number of amides is 1. The summed E-state index contributed by atoms with van der Waals surface area (Å²) in [7, 11) is 1.95. The quantitative estimate of drug-likeness (QED) is 0.678. The second-order valence-electron chi connectivity index (χ2n) is 6.22. The maximum absolute atomic E-state index is 13.3. The van der Waals surface area contributed by atoms with Crippen LogP contribution in [0.5, 0.6) is 0 Å². The van der Waals surface area contributed by atoms with Crippen molar-refractivity contribution in [3.05, 3.63) is 64.5 Å². The molecule has 0 aliphatic heterocycles. The van der Waals surface area contributed by atoms with Gasteiger partial charge in [0.2, 0.25) is 0 Å². The van der Waals surface area contributed by atoms with Crippen molar-refractivity contribution >= 4 is 32.7 Å². The van der Waals surface area contributed by atoms with Gasteiger partial charge in [-0.05, 0) is 47.0 Å². The summed E-state index contributed by atoms with van der Waals surface area (Å²) in [6.45, 7) is 0.554. The highest BCUT2D eigenvalue weighted by Gasteiger charge is 2.35. The topological polar surface area (TPSA) is 38.1 Å². The second kappa shape index (κ2) is 6.06. The highest BCUT2D eigenvalue weighted by molar-refractivity contribution is 9.10. The zero-order chi connectivity index (χ0) is 16.7. The Labute approximate surface area is 149 Å². The third-order valence-corrected chi connectivity index (χ3v) is 5.36. The number of nitrogens with zero attached hydrogens (tertiary/aromatic N) is 3. The Hall–Kier alpha value is -2.14. The van der Waals surface area contributed by atoms with Crippen LogP contribution in [0, 0.1) is 0 Å². The minimum absolute atomic E-state index is 0.0636. The lowest BCUT2D eigenvalue weighted by atomic mass is 10.2. The molecular weight excluding hydrogens is 366 g/mol. The van der Waals surface area contributed by atoms with Crippen molar-refractivity contribution in [3.8, 4) is 0 Å². The van der Waals surface area contributed by atoms with E-state index in [-0.39, 0.29) is 5.91 Å². The fraction of sp³-hybridized carbons (Fsp3) is 0.263. The van der Waals surface area contributed by atoms with E-state index in [1.54, 1.807) is 6.20 Å². The molecule has 0 radical (unpaired) electrons. The molecule has 1 saturated carbocycles. The van der Waals surface area contributed by atoms with E-state index in [0.717, 1.165) is 33.9 Å². The number of rotatable bonds is 4. The molecule has 122 valence electrons. The molecule has 4 nitrogen and oxygen atoms in total. The summed E-state index contributed by atoms with van der Waals surface area (Å²) in [5, 5.41) is 1.07. The van der Waals surface area contributed by atoms with Gasteiger partial charge in [0, 0.05) is 30.2 Å². The highest BCUT2D eigenvalue weighted by Crippen LogP contribution is 2.35. The van der Waals surface area contributed by atoms with Gasteiger partial charge in [0.15, 0.2) is 0 Å². The van der Waals surface area contributed by atoms with E-state index in [1.807, 2.05) is 59.0 Å². The van der Waals surface area contributed by atoms with Crippen molar-refractivity contribution in [1.82, 2.24) is 14.5 Å². The van der Waals surface area contributed by atoms with E-state index in [0.29, 0.717) is 18.3 Å². The first-order valence-electron chi connectivity index (χ1n) is 8.10. The number of hydrogen-bond acceptors (Lipinski definition) is 2. The second-order valence-corrected chi connectivity index (χ2v) is 7.02. The first kappa shape index (κ1) is 15.4. The van der Waals surface area contributed by atoms with Crippen LogP contribution >= 0.6 is 15.9 Å². The molecule has 3 aromatic rings. The predicted molar refractivity (Wildman–Crippen MR) is 97.8 cm³/mol. The van der Waals surface area contributed by atoms with E-state index in [4.69, 9.17) is 0 Å². The summed E-state index contributed by atoms with van der Waals surface area (Å²) in [5.41, 5.74) is 2.69. The average molecular weight is 384 g/mol. The van der Waals surface area contributed by atoms with Crippen LogP contribution in [0.4, 0.5) is 0 Å². The van der Waals surface area contributed by atoms with E-state index >= 15 is 0 Å². The van der Waals surface area contributed by atoms with Crippen molar-refractivity contribution in [2.24, 2.45) is 7.05 Å². The van der Waals surface area contributed by atoms with Crippen LogP contribution in [0.2, 0.25) is 0 Å². The van der Waals surface area contributed by atoms with Crippen LogP contribution in [-0.4, -0.2) is 26.4 Å². The summed E-state index contributed by atoms with van der Waals surface area (Å²) >= 11 is 3.64. The molecule has 2 heterocycles. The third-order valence-electron chi connectivity index (χ3n) is 4.55. The van der Waals surface area contributed by atoms with Gasteiger partial charge in [-0.25, -0.2) is 0 Å². The average Bonchev–Trinajstić information content (AvgIpc) is 3.41. The fourth-order valence-electron chi connectivity index (χ4n) is 3.14. The van der Waals surface area contributed by atoms with Crippen molar-refractivity contribution < 1.29 is 4.79 Å². The number of carbonyl (C=O) groups excluding carboxylic acids is 1. The van der Waals surface area contributed by atoms with Gasteiger partial charge in [0.1, 0.15) is 5.69 Å². The molecule has 2 aromatic heterocycles. The van der Waals surface area contributed by atoms with Crippen LogP contribution in [0.3, 0.4) is 0 Å². The third kappa shape index (κ3) is 2.63. The molecule has 0 spiro atoms. The molecule has 1 aliphatic carbocycles. The Kier molecular flexibility index (Phi) is 3.88. The SMILES string of the molecule is Cn1c(C(=O)N(Cc2ccccn2)C2CC2)c(Br)c2ccccc21. The van der Waals surface area contributed by atoms with Gasteiger partial charge in [-0.2, -0.15) is 0 Å². The molecule has 0 saturated heterocycles. The van der Waals surface area contributed by atoms with Crippen molar-refractivity contribution in [3.63, 3.8) is 0 Å². The van der Waals surface area contributed by atoms with Crippen molar-refractivity contribution in [1.29, 1.82) is 0 Å². The fourth-order valence-corrected chi connectivity index (χ4v) is 3.91. The van der Waals surface area contributed by atoms with Crippen LogP contribution in [0.25, 0.3) is 10.9 Å². The Morgan fingerprint density at radius 1 is 1.25 bits per heavy atom. The lowest BCUT2D eigenvalue weighted by molar-refractivity contribution is 0.0717. The number of benzene rings is 1. The summed E-state index contributed by atoms with van der Waals surface area (Å²) in [4.78, 5) is 19.6. The van der Waals surface area contributed by atoms with Gasteiger partial charge < -0.3 is 9.47 Å². The molecule has 1 aromatic carbocycles. The molecule has 1 amide bonds. The lowest BCUT2D eigenvalue weighted by Crippen LogP contribution is -2.34. The monoisotopic (exact) mass is 383 g/mol. The normalized spacial score (nSPS) is 14.1. The number of hydrogen-bond donors (Lipinski definition) is 0. The van der Waals surface area contributed by atoms with Gasteiger partial charge in [0.05, 0.1) is 16.7 Å². The molecule has 1 aliphatic rings. The summed E-state index contributed by atoms with van der Waals surface area (Å²) in [6.07, 6.45) is 3.91. The Balaban J connectivity index is 1.73. The van der Waals surface area contributed by atoms with Gasteiger partial charge in [-0.15, -0.1) is 0 Å². The lowest BCUT2D eigenvalue weighted by Gasteiger charge is -2.22. The zero-order valence-electron chi connectivity index (χ0n) is 13.4. The first-order chi connectivity index (χ1) is 11.7. The van der Waals surface area contributed by atoms with Gasteiger partial charge in [-0.1, -0.05) is 24.3 Å². The maximum Gasteiger partial charge on any atom is 0.272 e. The highest BCUT2D eigenvalue weighted by atomic mass is 79.9. The minimum Gasteiger partial charge on any atom is -0.339 e. The van der Waals surface area contributed by atoms with E-state index in [2.05, 4.69) is 20.9 Å². The molecule has 1 fully saturated rings. The molecule has 0 unspecified atom stereocenters. The number of pyridine rings is 1. The first-order valence-corrected chi connectivity index (χ1v) is 8.90. The molecule has 5 heteroatoms. The molecular formula is C19H18BrN3O. The number of aryl methyl sites for hydroxylation is 1. The van der Waals surface area contributed by atoms with Crippen LogP contribution in [0.1, 0.15) is 29.0 Å². The maximum atomic E-state index is 13.3. The largest absolute Gasteiger partial charge is 0.339 e. The number of halogens is 1. The van der Waals surface area contributed by atoms with E-state index in [9.17, 15) is 4.79 Å². The molecule has 24 heavy (non-hydrogen) atoms. The molecule has 0 N–H and O–H groups in total. The molecule has 0 bridgehead atoms. The standard InChI is InChI=1S/C19H18BrN3O/c1-22-16-8-3-2-7-15(16)17(20)18(22)19(24)23(14-9-10-14)12-13-6-4-5-11-21-13/h2-8,11,14H,9-10,12H2,1H3. The van der Waals surface area contributed by atoms with Crippen LogP contribution in [0.15, 0.2) is 53.1 Å². The smallest absolute Gasteiger partial charge is 0.272 e. The van der Waals surface area contributed by atoms with Crippen LogP contribution < -0.4 is 0 Å². The van der Waals surface area contributed by atoms with Gasteiger partial charge >= 0.3 is 0 Å². The minimum atomic E-state index is 0.0636. The number of aromatic nitrogens is 2. The van der Waals surface area contributed by atoms with Crippen LogP contribution in [-0.2, 0) is 13.6 Å². The Morgan fingerprint density at radius 2 is 2.00 bits per heavy atom. The van der Waals surface area contributed by atoms with Crippen molar-refractivity contribution in [2.75, 3.05) is 0 Å². The van der Waals surface area contributed by atoms with Crippen molar-refractivity contribution in [2.45, 2.75) is 25.4 Å². The predicted octanol–water partition coefficient (Wildman–Crippen LogP) is 4.14. The van der Waals surface area contributed by atoms with E-state index < -0.39 is 0 Å². The van der Waals surface area contributed by atoms with Gasteiger partial charge in [-0.3, -0.25) is 9.78 Å². The summed E-state index contributed by atoms with van der Waals surface area (Å²) in [5.74, 6) is 0.0636. The number of para-hydroxylation sites is 1. The number of fused-ring (bicyclic) bond motifs is 1. The Bertz CT molecular complexity index is 861. The van der Waals surface area contributed by atoms with E-state index in [1.165, 1.54) is 0 Å². The molecule has 4 rings (SSSR count). The molecule has 0 atom stereocenters. The van der Waals surface area contributed by atoms with Gasteiger partial charge in [0.25, 0.3) is 5.91 Å². The zero-order valence-corrected chi connectivity index (χ0v) is 15.0. The Morgan fingerprint density at radius 3 is 2.67 bits per heavy atom. The summed E-state index contributed by atoms with van der Waals surface area (Å²) in [6, 6.07) is 14.2. The summed E-state index contributed by atoms with van der Waals surface area (Å²) < 4.78 is 2.85.